The van der Waals surface area contributed by atoms with E-state index < -0.39 is 21.7 Å². The summed E-state index contributed by atoms with van der Waals surface area (Å²) in [7, 11) is -3.29. The van der Waals surface area contributed by atoms with Crippen molar-refractivity contribution in [3.63, 3.8) is 0 Å². The first-order valence-corrected chi connectivity index (χ1v) is 12.6. The first-order valence-electron chi connectivity index (χ1n) is 10.7. The third-order valence-corrected chi connectivity index (χ3v) is 6.56. The zero-order valence-corrected chi connectivity index (χ0v) is 19.7. The molecular formula is C23H28N4O5S. The number of hydrogen-bond donors (Lipinski definition) is 1. The highest BCUT2D eigenvalue weighted by Gasteiger charge is 2.27. The molecule has 0 spiro atoms. The quantitative estimate of drug-likeness (QED) is 0.556. The molecule has 1 fully saturated rings. The third-order valence-electron chi connectivity index (χ3n) is 5.29. The van der Waals surface area contributed by atoms with Gasteiger partial charge >= 0.3 is 0 Å². The fourth-order valence-corrected chi connectivity index (χ4v) is 4.59. The number of sulfonamides is 1. The minimum absolute atomic E-state index is 0.138. The van der Waals surface area contributed by atoms with Gasteiger partial charge in [0.15, 0.2) is 5.52 Å². The zero-order valence-electron chi connectivity index (χ0n) is 18.9. The van der Waals surface area contributed by atoms with E-state index in [9.17, 15) is 13.5 Å². The number of aliphatic hydroxyl groups is 1. The summed E-state index contributed by atoms with van der Waals surface area (Å²) in [5.41, 5.74) is 2.95. The summed E-state index contributed by atoms with van der Waals surface area (Å²) in [5.74, 6) is 0.316. The number of rotatable bonds is 7. The lowest BCUT2D eigenvalue weighted by molar-refractivity contribution is -0.0252. The molecule has 9 nitrogen and oxygen atoms in total. The predicted octanol–water partition coefficient (Wildman–Crippen LogP) is 2.04. The van der Waals surface area contributed by atoms with Crippen LogP contribution in [0.25, 0.3) is 22.3 Å². The highest BCUT2D eigenvalue weighted by molar-refractivity contribution is 7.88. The van der Waals surface area contributed by atoms with Gasteiger partial charge in [-0.15, -0.1) is 0 Å². The maximum absolute atomic E-state index is 11.9. The molecule has 10 heteroatoms. The predicted molar refractivity (Wildman–Crippen MR) is 124 cm³/mol. The summed E-state index contributed by atoms with van der Waals surface area (Å²) in [6.45, 7) is 4.56. The van der Waals surface area contributed by atoms with Crippen molar-refractivity contribution in [2.24, 2.45) is 0 Å². The molecule has 0 saturated carbocycles. The molecule has 0 unspecified atom stereocenters. The molecule has 1 saturated heterocycles. The van der Waals surface area contributed by atoms with Gasteiger partial charge in [-0.2, -0.15) is 4.31 Å². The Bertz CT molecular complexity index is 1230. The molecule has 1 N–H and O–H groups in total. The van der Waals surface area contributed by atoms with Crippen LogP contribution in [0.15, 0.2) is 42.7 Å². The second kappa shape index (κ2) is 9.30. The Morgan fingerprint density at radius 3 is 2.64 bits per heavy atom. The Morgan fingerprint density at radius 1 is 1.21 bits per heavy atom. The first kappa shape index (κ1) is 23.5. The Hall–Kier alpha value is -2.66. The van der Waals surface area contributed by atoms with E-state index in [1.165, 1.54) is 10.6 Å². The van der Waals surface area contributed by atoms with Gasteiger partial charge in [0.25, 0.3) is 0 Å². The lowest BCUT2D eigenvalue weighted by Crippen LogP contribution is -2.47. The van der Waals surface area contributed by atoms with E-state index in [4.69, 9.17) is 9.47 Å². The smallest absolute Gasteiger partial charge is 0.242 e. The number of fused-ring (bicyclic) bond motifs is 1. The van der Waals surface area contributed by atoms with Gasteiger partial charge in [0.1, 0.15) is 12.7 Å². The van der Waals surface area contributed by atoms with Gasteiger partial charge in [-0.25, -0.2) is 18.4 Å². The number of pyridine rings is 1. The van der Waals surface area contributed by atoms with Crippen molar-refractivity contribution in [3.8, 4) is 17.1 Å². The van der Waals surface area contributed by atoms with Crippen molar-refractivity contribution in [2.45, 2.75) is 32.0 Å². The minimum atomic E-state index is -3.29. The van der Waals surface area contributed by atoms with E-state index in [1.54, 1.807) is 26.2 Å². The van der Waals surface area contributed by atoms with Crippen LogP contribution in [0.1, 0.15) is 19.4 Å². The molecule has 1 aliphatic rings. The Kier molecular flexibility index (Phi) is 6.62. The average Bonchev–Trinajstić information content (AvgIpc) is 2.76. The summed E-state index contributed by atoms with van der Waals surface area (Å²) in [5, 5.41) is 10.0. The summed E-state index contributed by atoms with van der Waals surface area (Å²) in [6.07, 6.45) is 4.51. The monoisotopic (exact) mass is 472 g/mol. The molecule has 1 aromatic carbocycles. The number of ether oxygens (including phenoxy) is 2. The molecule has 4 rings (SSSR count). The van der Waals surface area contributed by atoms with Crippen LogP contribution >= 0.6 is 0 Å². The van der Waals surface area contributed by atoms with Crippen molar-refractivity contribution >= 4 is 21.1 Å². The van der Waals surface area contributed by atoms with Crippen molar-refractivity contribution in [2.75, 3.05) is 32.6 Å². The number of nitrogens with zero attached hydrogens (tertiary/aromatic N) is 4. The lowest BCUT2D eigenvalue weighted by atomic mass is 9.97. The van der Waals surface area contributed by atoms with Crippen molar-refractivity contribution < 1.29 is 23.0 Å². The molecular weight excluding hydrogens is 444 g/mol. The van der Waals surface area contributed by atoms with Gasteiger partial charge in [-0.1, -0.05) is 24.3 Å². The van der Waals surface area contributed by atoms with Crippen molar-refractivity contribution in [3.05, 3.63) is 48.3 Å². The molecule has 0 bridgehead atoms. The summed E-state index contributed by atoms with van der Waals surface area (Å²) >= 11 is 0. The summed E-state index contributed by atoms with van der Waals surface area (Å²) in [6, 6.07) is 9.67. The van der Waals surface area contributed by atoms with Crippen LogP contribution in [0.3, 0.4) is 0 Å². The Morgan fingerprint density at radius 2 is 1.94 bits per heavy atom. The number of aromatic nitrogens is 3. The normalized spacial score (nSPS) is 17.9. The van der Waals surface area contributed by atoms with E-state index in [-0.39, 0.29) is 13.2 Å². The molecule has 0 aliphatic carbocycles. The van der Waals surface area contributed by atoms with Crippen LogP contribution in [-0.4, -0.2) is 77.0 Å². The maximum Gasteiger partial charge on any atom is 0.242 e. The van der Waals surface area contributed by atoms with Crippen LogP contribution in [-0.2, 0) is 21.2 Å². The third kappa shape index (κ3) is 6.02. The second-order valence-corrected chi connectivity index (χ2v) is 10.8. The number of benzene rings is 1. The molecule has 3 heterocycles. The van der Waals surface area contributed by atoms with Crippen molar-refractivity contribution in [1.29, 1.82) is 0 Å². The van der Waals surface area contributed by atoms with Crippen LogP contribution < -0.4 is 4.74 Å². The minimum Gasteiger partial charge on any atom is -0.473 e. The largest absolute Gasteiger partial charge is 0.473 e. The van der Waals surface area contributed by atoms with Crippen LogP contribution in [0.4, 0.5) is 0 Å². The Balaban J connectivity index is 1.57. The summed E-state index contributed by atoms with van der Waals surface area (Å²) < 4.78 is 36.8. The van der Waals surface area contributed by atoms with Crippen LogP contribution in [0, 0.1) is 0 Å². The second-order valence-electron chi connectivity index (χ2n) is 8.85. The average molecular weight is 473 g/mol. The highest BCUT2D eigenvalue weighted by atomic mass is 32.2. The topological polar surface area (TPSA) is 115 Å². The molecule has 2 aromatic heterocycles. The molecule has 176 valence electrons. The van der Waals surface area contributed by atoms with Gasteiger partial charge in [0, 0.05) is 37.5 Å². The van der Waals surface area contributed by atoms with Crippen LogP contribution in [0.2, 0.25) is 0 Å². The first-order chi connectivity index (χ1) is 15.6. The lowest BCUT2D eigenvalue weighted by Gasteiger charge is -2.30. The zero-order chi connectivity index (χ0) is 23.6. The van der Waals surface area contributed by atoms with E-state index in [0.29, 0.717) is 42.2 Å². The molecule has 0 radical (unpaired) electrons. The van der Waals surface area contributed by atoms with Gasteiger partial charge in [0.2, 0.25) is 15.9 Å². The fraction of sp³-hybridized carbons (Fsp3) is 0.435. The van der Waals surface area contributed by atoms with Gasteiger partial charge in [-0.05, 0) is 25.5 Å². The van der Waals surface area contributed by atoms with Crippen LogP contribution in [0.5, 0.6) is 5.88 Å². The van der Waals surface area contributed by atoms with E-state index in [0.717, 1.165) is 11.1 Å². The van der Waals surface area contributed by atoms with Gasteiger partial charge < -0.3 is 14.6 Å². The van der Waals surface area contributed by atoms with E-state index in [1.807, 2.05) is 30.3 Å². The summed E-state index contributed by atoms with van der Waals surface area (Å²) in [4.78, 5) is 13.4. The van der Waals surface area contributed by atoms with Gasteiger partial charge in [-0.3, -0.25) is 4.98 Å². The van der Waals surface area contributed by atoms with E-state index in [2.05, 4.69) is 15.0 Å². The highest BCUT2D eigenvalue weighted by Crippen LogP contribution is 2.28. The molecule has 3 aromatic rings. The van der Waals surface area contributed by atoms with Gasteiger partial charge in [0.05, 0.1) is 29.7 Å². The standard InChI is InChI=1S/C23H28N4O5S/c1-23(2,28)13-16-4-6-17(7-5-16)19-12-20-21(25-9-8-24-20)22(26-19)32-15-18-14-27(10-11-31-18)33(3,29)30/h4-9,12,18,28H,10-11,13-15H2,1-3H3/t18-/m0/s1. The SMILES string of the molecule is CC(C)(O)Cc1ccc(-c2cc3nccnc3c(OC[C@@H]3CN(S(C)(=O)=O)CCO3)n2)cc1. The van der Waals surface area contributed by atoms with E-state index >= 15 is 0 Å². The van der Waals surface area contributed by atoms with Crippen molar-refractivity contribution in [1.82, 2.24) is 19.3 Å². The Labute approximate surface area is 193 Å². The number of morpholine rings is 1. The molecule has 0 amide bonds. The molecule has 1 atom stereocenters. The molecule has 33 heavy (non-hydrogen) atoms. The molecule has 1 aliphatic heterocycles. The number of hydrogen-bond acceptors (Lipinski definition) is 8. The fourth-order valence-electron chi connectivity index (χ4n) is 3.75. The maximum atomic E-state index is 11.9.